The van der Waals surface area contributed by atoms with E-state index in [1.165, 1.54) is 36.5 Å². The van der Waals surface area contributed by atoms with Crippen molar-refractivity contribution >= 4 is 29.0 Å². The van der Waals surface area contributed by atoms with Crippen LogP contribution in [0.25, 0.3) is 11.1 Å². The number of alkyl halides is 3. The van der Waals surface area contributed by atoms with Crippen molar-refractivity contribution in [2.24, 2.45) is 0 Å². The summed E-state index contributed by atoms with van der Waals surface area (Å²) in [6, 6.07) is 7.53. The van der Waals surface area contributed by atoms with E-state index in [0.29, 0.717) is 18.9 Å². The molecular weight excluding hydrogens is 464 g/mol. The SMILES string of the molecule is O=C(Nc1ccc(OC(F)(F)Cl)cc1)c1cnc(N2CCCC2)c(-c2cc(F)cnc2F)c1. The maximum atomic E-state index is 14.5. The Kier molecular flexibility index (Phi) is 6.37. The number of aromatic nitrogens is 2. The summed E-state index contributed by atoms with van der Waals surface area (Å²) in [5.41, 5.74) is -3.35. The maximum Gasteiger partial charge on any atom is 0.487 e. The van der Waals surface area contributed by atoms with Crippen LogP contribution in [0.2, 0.25) is 0 Å². The number of carbonyl (C=O) groups excluding carboxylic acids is 1. The summed E-state index contributed by atoms with van der Waals surface area (Å²) >= 11 is 4.73. The van der Waals surface area contributed by atoms with Crippen molar-refractivity contribution in [2.75, 3.05) is 23.3 Å². The molecule has 33 heavy (non-hydrogen) atoms. The Labute approximate surface area is 191 Å². The fourth-order valence-corrected chi connectivity index (χ4v) is 3.60. The number of halogens is 5. The Bertz CT molecular complexity index is 1170. The lowest BCUT2D eigenvalue weighted by molar-refractivity contribution is -0.0964. The van der Waals surface area contributed by atoms with Crippen molar-refractivity contribution in [1.29, 1.82) is 0 Å². The third kappa shape index (κ3) is 5.51. The van der Waals surface area contributed by atoms with Crippen LogP contribution in [0.1, 0.15) is 23.2 Å². The summed E-state index contributed by atoms with van der Waals surface area (Å²) < 4.78 is 57.9. The molecule has 1 N–H and O–H groups in total. The highest BCUT2D eigenvalue weighted by Gasteiger charge is 2.27. The molecule has 1 amide bonds. The third-order valence-electron chi connectivity index (χ3n) is 4.98. The van der Waals surface area contributed by atoms with E-state index in [4.69, 9.17) is 11.6 Å². The van der Waals surface area contributed by atoms with Gasteiger partial charge < -0.3 is 15.0 Å². The zero-order valence-electron chi connectivity index (χ0n) is 17.0. The molecule has 172 valence electrons. The molecule has 1 aliphatic heterocycles. The lowest BCUT2D eigenvalue weighted by Crippen LogP contribution is -2.21. The van der Waals surface area contributed by atoms with E-state index in [1.54, 1.807) is 0 Å². The van der Waals surface area contributed by atoms with Crippen molar-refractivity contribution in [3.8, 4) is 16.9 Å². The average molecular weight is 481 g/mol. The van der Waals surface area contributed by atoms with Gasteiger partial charge in [-0.05, 0) is 49.2 Å². The number of anilines is 2. The van der Waals surface area contributed by atoms with Crippen molar-refractivity contribution in [3.63, 3.8) is 0 Å². The van der Waals surface area contributed by atoms with Gasteiger partial charge in [0.25, 0.3) is 5.91 Å². The molecule has 0 spiro atoms. The van der Waals surface area contributed by atoms with Crippen LogP contribution >= 0.6 is 11.6 Å². The van der Waals surface area contributed by atoms with Gasteiger partial charge in [-0.2, -0.15) is 4.39 Å². The molecule has 1 fully saturated rings. The second-order valence-corrected chi connectivity index (χ2v) is 7.75. The van der Waals surface area contributed by atoms with Gasteiger partial charge in [0, 0.05) is 47.7 Å². The van der Waals surface area contributed by atoms with Gasteiger partial charge in [0.2, 0.25) is 5.95 Å². The molecule has 1 saturated heterocycles. The van der Waals surface area contributed by atoms with Crippen LogP contribution in [0.3, 0.4) is 0 Å². The van der Waals surface area contributed by atoms with E-state index < -0.39 is 23.2 Å². The zero-order chi connectivity index (χ0) is 23.6. The quantitative estimate of drug-likeness (QED) is 0.289. The summed E-state index contributed by atoms with van der Waals surface area (Å²) in [5, 5.41) is 2.59. The Morgan fingerprint density at radius 2 is 1.73 bits per heavy atom. The second kappa shape index (κ2) is 9.22. The Hall–Kier alpha value is -3.40. The van der Waals surface area contributed by atoms with Gasteiger partial charge in [-0.15, -0.1) is 8.78 Å². The van der Waals surface area contributed by atoms with Gasteiger partial charge in [0.15, 0.2) is 0 Å². The Balaban J connectivity index is 1.62. The molecule has 0 atom stereocenters. The number of pyridine rings is 2. The summed E-state index contributed by atoms with van der Waals surface area (Å²) in [6.45, 7) is 1.40. The number of carbonyl (C=O) groups is 1. The third-order valence-corrected chi connectivity index (χ3v) is 5.05. The standard InChI is InChI=1S/C22H17ClF4N4O2/c23-22(26,27)33-16-5-3-15(4-6-16)30-21(32)13-9-18(17-10-14(24)12-28-19(17)25)20(29-11-13)31-7-1-2-8-31/h3-6,9-12H,1-2,7-8H2,(H,30,32). The molecule has 11 heteroatoms. The number of ether oxygens (including phenoxy) is 1. The van der Waals surface area contributed by atoms with E-state index in [9.17, 15) is 22.4 Å². The molecule has 0 radical (unpaired) electrons. The highest BCUT2D eigenvalue weighted by molar-refractivity contribution is 6.20. The molecule has 0 unspecified atom stereocenters. The number of hydrogen-bond donors (Lipinski definition) is 1. The number of amides is 1. The van der Waals surface area contributed by atoms with E-state index >= 15 is 0 Å². The Morgan fingerprint density at radius 1 is 1.03 bits per heavy atom. The molecule has 1 aliphatic rings. The second-order valence-electron chi connectivity index (χ2n) is 7.31. The van der Waals surface area contributed by atoms with Gasteiger partial charge in [-0.1, -0.05) is 0 Å². The minimum Gasteiger partial charge on any atom is -0.420 e. The smallest absolute Gasteiger partial charge is 0.420 e. The first-order valence-electron chi connectivity index (χ1n) is 9.93. The van der Waals surface area contributed by atoms with Gasteiger partial charge in [-0.3, -0.25) is 4.79 Å². The number of hydrogen-bond acceptors (Lipinski definition) is 5. The monoisotopic (exact) mass is 480 g/mol. The first kappa shape index (κ1) is 22.8. The van der Waals surface area contributed by atoms with Crippen LogP contribution in [0.15, 0.2) is 48.8 Å². The molecular formula is C22H17ClF4N4O2. The number of rotatable bonds is 6. The maximum absolute atomic E-state index is 14.5. The van der Waals surface area contributed by atoms with E-state index in [1.807, 2.05) is 4.90 Å². The average Bonchev–Trinajstić information content (AvgIpc) is 3.30. The molecule has 2 aromatic heterocycles. The first-order chi connectivity index (χ1) is 15.7. The normalized spacial score (nSPS) is 13.8. The summed E-state index contributed by atoms with van der Waals surface area (Å²) in [5.74, 6) is -1.96. The lowest BCUT2D eigenvalue weighted by Gasteiger charge is -2.21. The predicted octanol–water partition coefficient (Wildman–Crippen LogP) is 5.44. The molecule has 6 nitrogen and oxygen atoms in total. The highest BCUT2D eigenvalue weighted by atomic mass is 35.5. The molecule has 0 saturated carbocycles. The molecule has 1 aromatic carbocycles. The summed E-state index contributed by atoms with van der Waals surface area (Å²) in [4.78, 5) is 22.5. The van der Waals surface area contributed by atoms with Crippen LogP contribution in [0.4, 0.5) is 29.1 Å². The van der Waals surface area contributed by atoms with Gasteiger partial charge in [0.05, 0.1) is 11.8 Å². The van der Waals surface area contributed by atoms with Crippen molar-refractivity contribution in [3.05, 3.63) is 66.1 Å². The van der Waals surface area contributed by atoms with Crippen LogP contribution < -0.4 is 15.0 Å². The fourth-order valence-electron chi connectivity index (χ4n) is 3.52. The Morgan fingerprint density at radius 3 is 2.39 bits per heavy atom. The van der Waals surface area contributed by atoms with Crippen molar-refractivity contribution < 1.29 is 27.1 Å². The topological polar surface area (TPSA) is 67.3 Å². The van der Waals surface area contributed by atoms with Crippen LogP contribution in [0.5, 0.6) is 5.75 Å². The number of benzene rings is 1. The highest BCUT2D eigenvalue weighted by Crippen LogP contribution is 2.33. The van der Waals surface area contributed by atoms with E-state index in [-0.39, 0.29) is 28.1 Å². The van der Waals surface area contributed by atoms with Crippen LogP contribution in [-0.4, -0.2) is 34.5 Å². The van der Waals surface area contributed by atoms with Crippen molar-refractivity contribution in [1.82, 2.24) is 9.97 Å². The van der Waals surface area contributed by atoms with Gasteiger partial charge in [-0.25, -0.2) is 14.4 Å². The summed E-state index contributed by atoms with van der Waals surface area (Å²) in [7, 11) is 0. The minimum absolute atomic E-state index is 0.0872. The van der Waals surface area contributed by atoms with Crippen LogP contribution in [0, 0.1) is 11.8 Å². The molecule has 0 bridgehead atoms. The lowest BCUT2D eigenvalue weighted by atomic mass is 10.0. The summed E-state index contributed by atoms with van der Waals surface area (Å²) in [6.07, 6.45) is 3.97. The molecule has 0 aliphatic carbocycles. The van der Waals surface area contributed by atoms with Gasteiger partial charge in [0.1, 0.15) is 17.4 Å². The number of nitrogens with zero attached hydrogens (tertiary/aromatic N) is 3. The zero-order valence-corrected chi connectivity index (χ0v) is 17.8. The minimum atomic E-state index is -3.86. The predicted molar refractivity (Wildman–Crippen MR) is 115 cm³/mol. The van der Waals surface area contributed by atoms with Crippen molar-refractivity contribution in [2.45, 2.75) is 18.4 Å². The van der Waals surface area contributed by atoms with E-state index in [0.717, 1.165) is 25.1 Å². The van der Waals surface area contributed by atoms with Gasteiger partial charge >= 0.3 is 5.57 Å². The van der Waals surface area contributed by atoms with Crippen LogP contribution in [-0.2, 0) is 0 Å². The largest absolute Gasteiger partial charge is 0.487 e. The fraction of sp³-hybridized carbons (Fsp3) is 0.227. The van der Waals surface area contributed by atoms with E-state index in [2.05, 4.69) is 20.0 Å². The molecule has 3 heterocycles. The number of nitrogens with one attached hydrogen (secondary N) is 1. The first-order valence-corrected chi connectivity index (χ1v) is 10.3. The molecule has 4 rings (SSSR count). The molecule has 3 aromatic rings.